The van der Waals surface area contributed by atoms with E-state index in [1.165, 1.54) is 5.56 Å². The third-order valence-corrected chi connectivity index (χ3v) is 3.83. The molecule has 1 atom stereocenters. The molecule has 0 saturated carbocycles. The van der Waals surface area contributed by atoms with Crippen molar-refractivity contribution in [1.29, 1.82) is 0 Å². The van der Waals surface area contributed by atoms with E-state index in [4.69, 9.17) is 0 Å². The third kappa shape index (κ3) is 3.16. The number of rotatable bonds is 5. The summed E-state index contributed by atoms with van der Waals surface area (Å²) in [4.78, 5) is 14.6. The number of benzene rings is 1. The topological polar surface area (TPSA) is 32.3 Å². The first-order valence-corrected chi connectivity index (χ1v) is 7.37. The van der Waals surface area contributed by atoms with Gasteiger partial charge in [-0.3, -0.25) is 4.79 Å². The van der Waals surface area contributed by atoms with Crippen LogP contribution in [0.1, 0.15) is 43.9 Å². The van der Waals surface area contributed by atoms with Crippen molar-refractivity contribution in [3.05, 3.63) is 35.4 Å². The van der Waals surface area contributed by atoms with E-state index in [0.717, 1.165) is 44.5 Å². The molecule has 1 amide bonds. The number of hydrogen-bond acceptors (Lipinski definition) is 2. The van der Waals surface area contributed by atoms with Crippen molar-refractivity contribution in [2.24, 2.45) is 0 Å². The average Bonchev–Trinajstić information content (AvgIpc) is 2.47. The van der Waals surface area contributed by atoms with Crippen molar-refractivity contribution in [3.63, 3.8) is 0 Å². The van der Waals surface area contributed by atoms with E-state index in [2.05, 4.69) is 37.4 Å². The van der Waals surface area contributed by atoms with Crippen LogP contribution in [0.5, 0.6) is 0 Å². The normalized spacial score (nSPS) is 17.9. The molecule has 1 aromatic rings. The summed E-state index contributed by atoms with van der Waals surface area (Å²) in [6.45, 7) is 6.76. The molecule has 1 N–H and O–H groups in total. The van der Waals surface area contributed by atoms with Gasteiger partial charge in [0.25, 0.3) is 0 Å². The van der Waals surface area contributed by atoms with Gasteiger partial charge >= 0.3 is 0 Å². The molecule has 0 spiro atoms. The molecular formula is C16H24N2O. The highest BCUT2D eigenvalue weighted by molar-refractivity contribution is 5.84. The number of unbranched alkanes of at least 4 members (excludes halogenated alkanes) is 1. The van der Waals surface area contributed by atoms with Gasteiger partial charge in [-0.1, -0.05) is 37.6 Å². The first-order valence-electron chi connectivity index (χ1n) is 7.37. The number of carbonyl (C=O) groups excluding carboxylic acids is 1. The maximum absolute atomic E-state index is 12.7. The van der Waals surface area contributed by atoms with Gasteiger partial charge < -0.3 is 10.2 Å². The zero-order chi connectivity index (χ0) is 13.7. The van der Waals surface area contributed by atoms with Crippen molar-refractivity contribution in [3.8, 4) is 0 Å². The van der Waals surface area contributed by atoms with Gasteiger partial charge in [0.1, 0.15) is 6.04 Å². The summed E-state index contributed by atoms with van der Waals surface area (Å²) < 4.78 is 0. The van der Waals surface area contributed by atoms with Gasteiger partial charge in [-0.25, -0.2) is 0 Å². The molecule has 0 aromatic heterocycles. The average molecular weight is 260 g/mol. The zero-order valence-electron chi connectivity index (χ0n) is 12.0. The molecule has 1 unspecified atom stereocenters. The number of fused-ring (bicyclic) bond motifs is 1. The SMILES string of the molecule is CCCCN(CC)C(=O)C1NCCc2ccccc21. The fraction of sp³-hybridized carbons (Fsp3) is 0.562. The van der Waals surface area contributed by atoms with Crippen molar-refractivity contribution >= 4 is 5.91 Å². The van der Waals surface area contributed by atoms with Crippen molar-refractivity contribution in [2.45, 2.75) is 39.2 Å². The van der Waals surface area contributed by atoms with E-state index in [1.54, 1.807) is 0 Å². The fourth-order valence-electron chi connectivity index (χ4n) is 2.68. The molecular weight excluding hydrogens is 236 g/mol. The molecule has 0 aliphatic carbocycles. The quantitative estimate of drug-likeness (QED) is 0.882. The number of amides is 1. The fourth-order valence-corrected chi connectivity index (χ4v) is 2.68. The molecule has 104 valence electrons. The minimum atomic E-state index is -0.151. The van der Waals surface area contributed by atoms with Crippen LogP contribution in [-0.4, -0.2) is 30.4 Å². The Morgan fingerprint density at radius 2 is 2.16 bits per heavy atom. The number of carbonyl (C=O) groups is 1. The van der Waals surface area contributed by atoms with Gasteiger partial charge in [0.05, 0.1) is 0 Å². The standard InChI is InChI=1S/C16H24N2O/c1-3-5-12-18(4-2)16(19)15-14-9-7-6-8-13(14)10-11-17-15/h6-9,15,17H,3-5,10-12H2,1-2H3. The van der Waals surface area contributed by atoms with Crippen LogP contribution >= 0.6 is 0 Å². The molecule has 1 heterocycles. The van der Waals surface area contributed by atoms with E-state index < -0.39 is 0 Å². The number of nitrogens with one attached hydrogen (secondary N) is 1. The molecule has 0 radical (unpaired) electrons. The Morgan fingerprint density at radius 1 is 1.37 bits per heavy atom. The molecule has 0 bridgehead atoms. The summed E-state index contributed by atoms with van der Waals surface area (Å²) in [5.74, 6) is 0.225. The second-order valence-electron chi connectivity index (χ2n) is 5.11. The lowest BCUT2D eigenvalue weighted by atomic mass is 9.93. The number of hydrogen-bond donors (Lipinski definition) is 1. The Labute approximate surface area is 116 Å². The lowest BCUT2D eigenvalue weighted by Gasteiger charge is -2.31. The third-order valence-electron chi connectivity index (χ3n) is 3.83. The molecule has 1 aliphatic heterocycles. The maximum Gasteiger partial charge on any atom is 0.244 e. The van der Waals surface area contributed by atoms with Gasteiger partial charge in [0, 0.05) is 19.6 Å². The Bertz CT molecular complexity index is 431. The smallest absolute Gasteiger partial charge is 0.244 e. The van der Waals surface area contributed by atoms with Crippen LogP contribution in [0.3, 0.4) is 0 Å². The van der Waals surface area contributed by atoms with Crippen molar-refractivity contribution < 1.29 is 4.79 Å². The van der Waals surface area contributed by atoms with Crippen LogP contribution in [0.15, 0.2) is 24.3 Å². The molecule has 0 saturated heterocycles. The molecule has 3 nitrogen and oxygen atoms in total. The summed E-state index contributed by atoms with van der Waals surface area (Å²) in [5, 5.41) is 3.38. The number of likely N-dealkylation sites (N-methyl/N-ethyl adjacent to an activating group) is 1. The molecule has 19 heavy (non-hydrogen) atoms. The lowest BCUT2D eigenvalue weighted by molar-refractivity contribution is -0.133. The summed E-state index contributed by atoms with van der Waals surface area (Å²) in [7, 11) is 0. The van der Waals surface area contributed by atoms with Gasteiger partial charge in [0.2, 0.25) is 5.91 Å². The van der Waals surface area contributed by atoms with E-state index >= 15 is 0 Å². The van der Waals surface area contributed by atoms with E-state index in [9.17, 15) is 4.79 Å². The van der Waals surface area contributed by atoms with Crippen LogP contribution < -0.4 is 5.32 Å². The molecule has 1 aliphatic rings. The monoisotopic (exact) mass is 260 g/mol. The van der Waals surface area contributed by atoms with E-state index in [-0.39, 0.29) is 11.9 Å². The zero-order valence-corrected chi connectivity index (χ0v) is 12.0. The Morgan fingerprint density at radius 3 is 2.89 bits per heavy atom. The summed E-state index contributed by atoms with van der Waals surface area (Å²) in [6.07, 6.45) is 3.22. The first kappa shape index (κ1) is 14.1. The summed E-state index contributed by atoms with van der Waals surface area (Å²) in [6, 6.07) is 8.15. The van der Waals surface area contributed by atoms with Crippen LogP contribution in [0.25, 0.3) is 0 Å². The van der Waals surface area contributed by atoms with Gasteiger partial charge in [-0.05, 0) is 30.9 Å². The van der Waals surface area contributed by atoms with Crippen LogP contribution in [0, 0.1) is 0 Å². The minimum Gasteiger partial charge on any atom is -0.341 e. The number of nitrogens with zero attached hydrogens (tertiary/aromatic N) is 1. The minimum absolute atomic E-state index is 0.151. The van der Waals surface area contributed by atoms with E-state index in [1.807, 2.05) is 11.0 Å². The highest BCUT2D eigenvalue weighted by Crippen LogP contribution is 2.24. The predicted octanol–water partition coefficient (Wildman–Crippen LogP) is 2.52. The Balaban J connectivity index is 2.15. The van der Waals surface area contributed by atoms with Crippen LogP contribution in [-0.2, 0) is 11.2 Å². The molecule has 2 rings (SSSR count). The Hall–Kier alpha value is -1.35. The summed E-state index contributed by atoms with van der Waals surface area (Å²) >= 11 is 0. The highest BCUT2D eigenvalue weighted by atomic mass is 16.2. The van der Waals surface area contributed by atoms with Crippen molar-refractivity contribution in [1.82, 2.24) is 10.2 Å². The van der Waals surface area contributed by atoms with Gasteiger partial charge in [0.15, 0.2) is 0 Å². The second-order valence-corrected chi connectivity index (χ2v) is 5.11. The maximum atomic E-state index is 12.7. The summed E-state index contributed by atoms with van der Waals surface area (Å²) in [5.41, 5.74) is 2.47. The second kappa shape index (κ2) is 6.71. The lowest BCUT2D eigenvalue weighted by Crippen LogP contribution is -2.44. The largest absolute Gasteiger partial charge is 0.341 e. The van der Waals surface area contributed by atoms with Gasteiger partial charge in [-0.15, -0.1) is 0 Å². The first-order chi connectivity index (χ1) is 9.27. The molecule has 3 heteroatoms. The highest BCUT2D eigenvalue weighted by Gasteiger charge is 2.28. The van der Waals surface area contributed by atoms with Gasteiger partial charge in [-0.2, -0.15) is 0 Å². The molecule has 1 aromatic carbocycles. The van der Waals surface area contributed by atoms with Crippen LogP contribution in [0.2, 0.25) is 0 Å². The molecule has 0 fully saturated rings. The van der Waals surface area contributed by atoms with Crippen LogP contribution in [0.4, 0.5) is 0 Å². The van der Waals surface area contributed by atoms with Crippen molar-refractivity contribution in [2.75, 3.05) is 19.6 Å². The Kier molecular flexibility index (Phi) is 4.97. The van der Waals surface area contributed by atoms with E-state index in [0.29, 0.717) is 0 Å². The predicted molar refractivity (Wildman–Crippen MR) is 78.1 cm³/mol.